The van der Waals surface area contributed by atoms with E-state index >= 15 is 0 Å². The number of aromatic nitrogens is 6. The smallest absolute Gasteiger partial charge is 0.281 e. The average molecular weight is 1530 g/mol. The molecule has 3 aromatic carbocycles. The first-order chi connectivity index (χ1) is 51.6. The molecule has 109 heavy (non-hydrogen) atoms. The molecule has 3 N–H and O–H groups in total. The zero-order chi connectivity index (χ0) is 78.4. The molecule has 3 saturated heterocycles. The Morgan fingerprint density at radius 1 is 0.569 bits per heavy atom. The molecule has 0 spiro atoms. The standard InChI is InChI=1S/C29H30N4O3S.C27H33N5O4S.C27H31N3O4S/c1-20-17-29(2,3)33(18-20)28-24(11-7-15-31-28)26(34)19-37(35,36)27-13-5-9-22(32-27)16-21-8-4-12-25-23(21)10-6-14-30-25;1-19-17-27(2,3)32(18-19)25-22(7-6-15-29-25)26(33)31-37(34,35)24-9-5-8-23(30-24)28-16-14-20-10-12-21(36-4)13-11-20;1-17-15-27(4,5)30(16-17)25-21(13-14-22(28-25)20-10-8-9-18(2)19(20)3)26(32)29-35(33,34)24-12-7-6-11-23(24)31/h4-15,20H,16-19H2,1-3H3;5-13,15,19H,14,16-18H2,1-4H3,(H,28,30)(H,31,33);6-10,12-14,17H,11,15-16H2,1-5H3,(H,29,32)/t;;17-/m..0/s1. The van der Waals surface area contributed by atoms with E-state index in [4.69, 9.17) is 9.72 Å². The summed E-state index contributed by atoms with van der Waals surface area (Å²) in [7, 11) is -10.9. The maximum Gasteiger partial charge on any atom is 0.281 e. The number of aryl methyl sites for hydroxylation is 1. The quantitative estimate of drug-likeness (QED) is 0.0563. The Morgan fingerprint density at radius 2 is 1.13 bits per heavy atom. The van der Waals surface area contributed by atoms with Crippen molar-refractivity contribution in [2.75, 3.05) is 59.1 Å². The SMILES string of the molecule is CC1CN(c2ncccc2C(=O)CS(=O)(=O)c2cccc(Cc3cccc4ncccc34)n2)C(C)(C)C1.COc1ccc(CCNc2cccc(S(=O)(=O)NC(=O)c3cccnc3N3CC(C)CC3(C)C)n2)cc1.Cc1cccc(-c2ccc(C(=O)NS(=O)(=O)C3=CC=CCC3=O)c(N3C[C@@H](C)CC3(C)C)n2)c1C. The van der Waals surface area contributed by atoms with Crippen molar-refractivity contribution in [2.45, 2.75) is 141 Å². The maximum atomic E-state index is 13.3. The van der Waals surface area contributed by atoms with Gasteiger partial charge in [0.1, 0.15) is 39.7 Å². The normalized spacial score (nSPS) is 17.9. The van der Waals surface area contributed by atoms with Gasteiger partial charge in [0.25, 0.3) is 31.9 Å². The largest absolute Gasteiger partial charge is 0.497 e. The van der Waals surface area contributed by atoms with Gasteiger partial charge in [-0.3, -0.25) is 24.2 Å². The summed E-state index contributed by atoms with van der Waals surface area (Å²) >= 11 is 0. The second-order valence-electron chi connectivity index (χ2n) is 30.4. The molecule has 4 aliphatic rings. The third kappa shape index (κ3) is 18.6. The molecule has 13 rings (SSSR count). The second-order valence-corrected chi connectivity index (χ2v) is 35.6. The van der Waals surface area contributed by atoms with E-state index in [9.17, 15) is 44.4 Å². The monoisotopic (exact) mass is 1530 g/mol. The van der Waals surface area contributed by atoms with E-state index in [1.165, 1.54) is 24.3 Å². The van der Waals surface area contributed by atoms with Crippen LogP contribution in [0.25, 0.3) is 22.2 Å². The van der Waals surface area contributed by atoms with E-state index in [-0.39, 0.29) is 44.2 Å². The number of pyridine rings is 6. The Kier molecular flexibility index (Phi) is 23.8. The van der Waals surface area contributed by atoms with Crippen molar-refractivity contribution in [1.29, 1.82) is 0 Å². The molecular weight excluding hydrogens is 1440 g/mol. The third-order valence-corrected chi connectivity index (χ3v) is 24.4. The summed E-state index contributed by atoms with van der Waals surface area (Å²) in [5, 5.41) is 3.80. The predicted octanol–water partition coefficient (Wildman–Crippen LogP) is 13.2. The number of benzene rings is 3. The summed E-state index contributed by atoms with van der Waals surface area (Å²) in [5.41, 5.74) is 7.54. The molecule has 0 saturated carbocycles. The highest BCUT2D eigenvalue weighted by Crippen LogP contribution is 2.41. The summed E-state index contributed by atoms with van der Waals surface area (Å²) in [6.45, 7) is 25.9. The zero-order valence-corrected chi connectivity index (χ0v) is 66.0. The molecule has 3 aliphatic heterocycles. The molecule has 0 radical (unpaired) electrons. The van der Waals surface area contributed by atoms with Crippen molar-refractivity contribution in [3.63, 3.8) is 0 Å². The van der Waals surface area contributed by atoms with E-state index in [0.29, 0.717) is 83.9 Å². The summed E-state index contributed by atoms with van der Waals surface area (Å²) < 4.78 is 88.0. The number of fused-ring (bicyclic) bond motifs is 1. The predicted molar refractivity (Wildman–Crippen MR) is 426 cm³/mol. The van der Waals surface area contributed by atoms with Gasteiger partial charge in [-0.05, 0) is 212 Å². The van der Waals surface area contributed by atoms with Crippen LogP contribution in [0, 0.1) is 31.6 Å². The Labute approximate surface area is 639 Å². The van der Waals surface area contributed by atoms with E-state index in [2.05, 4.69) is 117 Å². The molecule has 3 fully saturated rings. The van der Waals surface area contributed by atoms with Gasteiger partial charge in [0.15, 0.2) is 21.6 Å². The molecule has 9 aromatic rings. The molecule has 23 nitrogen and oxygen atoms in total. The minimum Gasteiger partial charge on any atom is -0.497 e. The Bertz CT molecular complexity index is 5350. The van der Waals surface area contributed by atoms with Gasteiger partial charge >= 0.3 is 0 Å². The number of methoxy groups -OCH3 is 1. The van der Waals surface area contributed by atoms with E-state index in [1.807, 2.05) is 86.6 Å². The highest BCUT2D eigenvalue weighted by atomic mass is 32.2. The van der Waals surface area contributed by atoms with Crippen LogP contribution in [0.1, 0.15) is 147 Å². The number of hydrogen-bond donors (Lipinski definition) is 3. The van der Waals surface area contributed by atoms with E-state index < -0.39 is 63.9 Å². The van der Waals surface area contributed by atoms with Crippen LogP contribution in [0.3, 0.4) is 0 Å². The first kappa shape index (κ1) is 79.5. The fraction of sp³-hybridized carbons (Fsp3) is 0.349. The molecular formula is C83H94N12O11S3. The zero-order valence-electron chi connectivity index (χ0n) is 63.6. The number of hydrogen-bond acceptors (Lipinski definition) is 21. The lowest BCUT2D eigenvalue weighted by Crippen LogP contribution is -2.41. The van der Waals surface area contributed by atoms with Crippen molar-refractivity contribution >= 4 is 87.4 Å². The van der Waals surface area contributed by atoms with Crippen LogP contribution in [0.4, 0.5) is 23.3 Å². The number of nitrogens with zero attached hydrogens (tertiary/aromatic N) is 9. The average Bonchev–Trinajstić information content (AvgIpc) is 1.71. The van der Waals surface area contributed by atoms with Crippen LogP contribution in [-0.4, -0.2) is 134 Å². The van der Waals surface area contributed by atoms with Gasteiger partial charge in [-0.2, -0.15) is 8.42 Å². The number of amides is 2. The summed E-state index contributed by atoms with van der Waals surface area (Å²) in [6.07, 6.45) is 13.3. The number of rotatable bonds is 21. The number of Topliss-reactive ketones (excluding diaryl/α,β-unsaturated/α-hetero) is 2. The van der Waals surface area contributed by atoms with Crippen LogP contribution in [0.2, 0.25) is 0 Å². The number of nitrogens with one attached hydrogen (secondary N) is 3. The van der Waals surface area contributed by atoms with Crippen molar-refractivity contribution in [1.82, 2.24) is 39.3 Å². The molecule has 3 atom stereocenters. The number of sulfone groups is 1. The first-order valence-corrected chi connectivity index (χ1v) is 41.0. The lowest BCUT2D eigenvalue weighted by atomic mass is 9.97. The van der Waals surface area contributed by atoms with Gasteiger partial charge in [0, 0.05) is 90.9 Å². The van der Waals surface area contributed by atoms with Crippen LogP contribution >= 0.6 is 0 Å². The Morgan fingerprint density at radius 3 is 1.75 bits per heavy atom. The van der Waals surface area contributed by atoms with Crippen molar-refractivity contribution in [3.05, 3.63) is 232 Å². The van der Waals surface area contributed by atoms with Gasteiger partial charge in [-0.1, -0.05) is 93.6 Å². The van der Waals surface area contributed by atoms with Crippen molar-refractivity contribution < 1.29 is 49.2 Å². The summed E-state index contributed by atoms with van der Waals surface area (Å²) in [6, 6.07) is 42.9. The number of carbonyl (C=O) groups excluding carboxylic acids is 4. The fourth-order valence-corrected chi connectivity index (χ4v) is 18.3. The first-order valence-electron chi connectivity index (χ1n) is 36.4. The number of anilines is 4. The van der Waals surface area contributed by atoms with Crippen LogP contribution in [0.15, 0.2) is 197 Å². The molecule has 1 aliphatic carbocycles. The van der Waals surface area contributed by atoms with E-state index in [0.717, 1.165) is 76.8 Å². The topological polar surface area (TPSA) is 303 Å². The van der Waals surface area contributed by atoms with Gasteiger partial charge in [0.05, 0.1) is 35.0 Å². The Balaban J connectivity index is 0.000000162. The lowest BCUT2D eigenvalue weighted by molar-refractivity contribution is -0.114. The highest BCUT2D eigenvalue weighted by Gasteiger charge is 2.43. The molecule has 26 heteroatoms. The molecule has 0 bridgehead atoms. The minimum absolute atomic E-state index is 0.0157. The second kappa shape index (κ2) is 32.7. The van der Waals surface area contributed by atoms with Crippen molar-refractivity contribution in [2.24, 2.45) is 17.8 Å². The molecule has 2 amide bonds. The number of ether oxygens (including phenoxy) is 1. The summed E-state index contributed by atoms with van der Waals surface area (Å²) in [4.78, 5) is 84.7. The number of allylic oxidation sites excluding steroid dienone is 4. The molecule has 9 heterocycles. The maximum absolute atomic E-state index is 13.3. The molecule has 6 aromatic heterocycles. The van der Waals surface area contributed by atoms with Crippen LogP contribution in [-0.2, 0) is 47.5 Å². The lowest BCUT2D eigenvalue weighted by Gasteiger charge is -2.34. The minimum atomic E-state index is -4.32. The molecule has 570 valence electrons. The highest BCUT2D eigenvalue weighted by molar-refractivity contribution is 7.95. The summed E-state index contributed by atoms with van der Waals surface area (Å²) in [5.74, 6) is 0.678. The van der Waals surface area contributed by atoms with Gasteiger partial charge in [-0.15, -0.1) is 0 Å². The number of carbonyl (C=O) groups is 4. The van der Waals surface area contributed by atoms with Gasteiger partial charge < -0.3 is 24.8 Å². The van der Waals surface area contributed by atoms with Gasteiger partial charge in [0.2, 0.25) is 9.84 Å². The van der Waals surface area contributed by atoms with E-state index in [1.54, 1.807) is 92.4 Å². The van der Waals surface area contributed by atoms with Gasteiger partial charge in [-0.25, -0.2) is 51.2 Å². The fourth-order valence-electron chi connectivity index (χ4n) is 15.1. The van der Waals surface area contributed by atoms with Crippen LogP contribution in [0.5, 0.6) is 5.75 Å². The van der Waals surface area contributed by atoms with Crippen molar-refractivity contribution in [3.8, 4) is 17.0 Å². The molecule has 2 unspecified atom stereocenters. The third-order valence-electron chi connectivity index (χ3n) is 20.2. The number of ketones is 2. The number of sulfonamides is 2. The van der Waals surface area contributed by atoms with Crippen LogP contribution < -0.4 is 34.2 Å². The Hall–Kier alpha value is -10.6.